The van der Waals surface area contributed by atoms with Gasteiger partial charge < -0.3 is 4.74 Å². The summed E-state index contributed by atoms with van der Waals surface area (Å²) in [5.74, 6) is -0.226. The highest BCUT2D eigenvalue weighted by atomic mass is 35.5. The molecule has 1 heterocycles. The van der Waals surface area contributed by atoms with E-state index in [0.29, 0.717) is 10.6 Å². The molecule has 3 rings (SSSR count). The van der Waals surface area contributed by atoms with Gasteiger partial charge in [0.15, 0.2) is 0 Å². The monoisotopic (exact) mass is 371 g/mol. The standard InChI is InChI=1S/C20H22ClN3O2/c1-15(17-6-8-19(21)9-7-17)22-23-20(25)18-4-2-16(3-5-18)14-24-10-12-26-13-11-24/h2-9H,10-14H2,1H3,(H,23,25)/b22-15-. The molecule has 1 saturated heterocycles. The summed E-state index contributed by atoms with van der Waals surface area (Å²) in [6.07, 6.45) is 0. The maximum absolute atomic E-state index is 12.3. The Balaban J connectivity index is 1.57. The predicted octanol–water partition coefficient (Wildman–Crippen LogP) is 3.33. The van der Waals surface area contributed by atoms with Crippen LogP contribution in [-0.2, 0) is 11.3 Å². The first-order chi connectivity index (χ1) is 12.6. The molecule has 2 aromatic carbocycles. The molecule has 1 amide bonds. The summed E-state index contributed by atoms with van der Waals surface area (Å²) in [6, 6.07) is 15.0. The molecule has 0 saturated carbocycles. The maximum atomic E-state index is 12.3. The topological polar surface area (TPSA) is 53.9 Å². The van der Waals surface area contributed by atoms with E-state index in [1.54, 1.807) is 12.1 Å². The lowest BCUT2D eigenvalue weighted by atomic mass is 10.1. The second kappa shape index (κ2) is 8.94. The molecule has 0 bridgehead atoms. The zero-order valence-electron chi connectivity index (χ0n) is 14.7. The number of nitrogens with zero attached hydrogens (tertiary/aromatic N) is 2. The Bertz CT molecular complexity index is 767. The number of carbonyl (C=O) groups excluding carboxylic acids is 1. The smallest absolute Gasteiger partial charge is 0.271 e. The molecule has 136 valence electrons. The average Bonchev–Trinajstić information content (AvgIpc) is 2.68. The summed E-state index contributed by atoms with van der Waals surface area (Å²) < 4.78 is 5.36. The van der Waals surface area contributed by atoms with Crippen molar-refractivity contribution in [3.05, 3.63) is 70.2 Å². The summed E-state index contributed by atoms with van der Waals surface area (Å²) in [4.78, 5) is 14.6. The van der Waals surface area contributed by atoms with Gasteiger partial charge in [0, 0.05) is 30.2 Å². The van der Waals surface area contributed by atoms with Crippen LogP contribution in [0.5, 0.6) is 0 Å². The van der Waals surface area contributed by atoms with E-state index in [9.17, 15) is 4.79 Å². The van der Waals surface area contributed by atoms with Gasteiger partial charge >= 0.3 is 0 Å². The van der Waals surface area contributed by atoms with E-state index in [1.165, 1.54) is 5.56 Å². The van der Waals surface area contributed by atoms with Crippen molar-refractivity contribution in [2.75, 3.05) is 26.3 Å². The average molecular weight is 372 g/mol. The Morgan fingerprint density at radius 1 is 1.08 bits per heavy atom. The van der Waals surface area contributed by atoms with Crippen molar-refractivity contribution in [1.29, 1.82) is 0 Å². The number of morpholine rings is 1. The van der Waals surface area contributed by atoms with Gasteiger partial charge in [-0.05, 0) is 42.3 Å². The van der Waals surface area contributed by atoms with Crippen molar-refractivity contribution in [3.63, 3.8) is 0 Å². The molecular weight excluding hydrogens is 350 g/mol. The second-order valence-electron chi connectivity index (χ2n) is 6.23. The molecule has 1 N–H and O–H groups in total. The minimum absolute atomic E-state index is 0.226. The number of rotatable bonds is 5. The van der Waals surface area contributed by atoms with Crippen LogP contribution in [0.4, 0.5) is 0 Å². The Hall–Kier alpha value is -2.21. The zero-order chi connectivity index (χ0) is 18.4. The highest BCUT2D eigenvalue weighted by molar-refractivity contribution is 6.30. The third kappa shape index (κ3) is 5.14. The van der Waals surface area contributed by atoms with Gasteiger partial charge in [-0.25, -0.2) is 5.43 Å². The number of hydrogen-bond donors (Lipinski definition) is 1. The van der Waals surface area contributed by atoms with Gasteiger partial charge in [-0.15, -0.1) is 0 Å². The molecule has 2 aromatic rings. The maximum Gasteiger partial charge on any atom is 0.271 e. The first kappa shape index (κ1) is 18.6. The van der Waals surface area contributed by atoms with E-state index in [2.05, 4.69) is 15.4 Å². The molecule has 0 radical (unpaired) electrons. The molecular formula is C20H22ClN3O2. The first-order valence-electron chi connectivity index (χ1n) is 8.61. The van der Waals surface area contributed by atoms with Gasteiger partial charge in [0.2, 0.25) is 0 Å². The summed E-state index contributed by atoms with van der Waals surface area (Å²) in [5, 5.41) is 4.84. The molecule has 26 heavy (non-hydrogen) atoms. The summed E-state index contributed by atoms with van der Waals surface area (Å²) >= 11 is 5.88. The number of benzene rings is 2. The van der Waals surface area contributed by atoms with E-state index >= 15 is 0 Å². The Morgan fingerprint density at radius 2 is 1.69 bits per heavy atom. The third-order valence-electron chi connectivity index (χ3n) is 4.31. The van der Waals surface area contributed by atoms with Crippen molar-refractivity contribution in [2.24, 2.45) is 5.10 Å². The molecule has 6 heteroatoms. The molecule has 1 aliphatic heterocycles. The molecule has 1 fully saturated rings. The van der Waals surface area contributed by atoms with Crippen LogP contribution in [0, 0.1) is 0 Å². The van der Waals surface area contributed by atoms with E-state index in [4.69, 9.17) is 16.3 Å². The van der Waals surface area contributed by atoms with Crippen LogP contribution in [0.3, 0.4) is 0 Å². The second-order valence-corrected chi connectivity index (χ2v) is 6.67. The highest BCUT2D eigenvalue weighted by Gasteiger charge is 2.11. The third-order valence-corrected chi connectivity index (χ3v) is 4.57. The van der Waals surface area contributed by atoms with Crippen LogP contribution in [0.2, 0.25) is 5.02 Å². The Labute approximate surface area is 158 Å². The number of hydrogen-bond acceptors (Lipinski definition) is 4. The van der Waals surface area contributed by atoms with Crippen molar-refractivity contribution < 1.29 is 9.53 Å². The summed E-state index contributed by atoms with van der Waals surface area (Å²) in [5.41, 5.74) is 6.01. The molecule has 0 unspecified atom stereocenters. The molecule has 5 nitrogen and oxygen atoms in total. The van der Waals surface area contributed by atoms with E-state index in [-0.39, 0.29) is 5.91 Å². The Kier molecular flexibility index (Phi) is 6.39. The minimum atomic E-state index is -0.226. The largest absolute Gasteiger partial charge is 0.379 e. The van der Waals surface area contributed by atoms with Crippen LogP contribution in [0.15, 0.2) is 53.6 Å². The van der Waals surface area contributed by atoms with Gasteiger partial charge in [-0.2, -0.15) is 5.10 Å². The predicted molar refractivity (Wildman–Crippen MR) is 104 cm³/mol. The van der Waals surface area contributed by atoms with Crippen molar-refractivity contribution in [2.45, 2.75) is 13.5 Å². The highest BCUT2D eigenvalue weighted by Crippen LogP contribution is 2.11. The molecule has 1 aliphatic rings. The molecule has 0 aromatic heterocycles. The van der Waals surface area contributed by atoms with E-state index < -0.39 is 0 Å². The van der Waals surface area contributed by atoms with Crippen LogP contribution >= 0.6 is 11.6 Å². The normalized spacial score (nSPS) is 15.7. The summed E-state index contributed by atoms with van der Waals surface area (Å²) in [6.45, 7) is 6.17. The fraction of sp³-hybridized carbons (Fsp3) is 0.300. The van der Waals surface area contributed by atoms with Crippen LogP contribution in [0.25, 0.3) is 0 Å². The van der Waals surface area contributed by atoms with Gasteiger partial charge in [0.1, 0.15) is 0 Å². The van der Waals surface area contributed by atoms with Crippen molar-refractivity contribution in [1.82, 2.24) is 10.3 Å². The quantitative estimate of drug-likeness (QED) is 0.648. The van der Waals surface area contributed by atoms with Crippen molar-refractivity contribution >= 4 is 23.2 Å². The molecule has 0 aliphatic carbocycles. The fourth-order valence-electron chi connectivity index (χ4n) is 2.73. The first-order valence-corrected chi connectivity index (χ1v) is 8.99. The van der Waals surface area contributed by atoms with E-state index in [1.807, 2.05) is 43.3 Å². The SMILES string of the molecule is C/C(=N/NC(=O)c1ccc(CN2CCOCC2)cc1)c1ccc(Cl)cc1. The molecule has 0 spiro atoms. The number of carbonyl (C=O) groups is 1. The van der Waals surface area contributed by atoms with Crippen LogP contribution in [0.1, 0.15) is 28.4 Å². The van der Waals surface area contributed by atoms with E-state index in [0.717, 1.165) is 44.1 Å². The van der Waals surface area contributed by atoms with Crippen molar-refractivity contribution in [3.8, 4) is 0 Å². The van der Waals surface area contributed by atoms with Gasteiger partial charge in [-0.1, -0.05) is 35.9 Å². The number of nitrogens with one attached hydrogen (secondary N) is 1. The lowest BCUT2D eigenvalue weighted by Crippen LogP contribution is -2.35. The number of halogens is 1. The van der Waals surface area contributed by atoms with Gasteiger partial charge in [-0.3, -0.25) is 9.69 Å². The Morgan fingerprint density at radius 3 is 2.35 bits per heavy atom. The summed E-state index contributed by atoms with van der Waals surface area (Å²) in [7, 11) is 0. The van der Waals surface area contributed by atoms with Gasteiger partial charge in [0.05, 0.1) is 18.9 Å². The lowest BCUT2D eigenvalue weighted by Gasteiger charge is -2.26. The number of amides is 1. The van der Waals surface area contributed by atoms with Crippen LogP contribution in [-0.4, -0.2) is 42.8 Å². The number of ether oxygens (including phenoxy) is 1. The number of hydrazone groups is 1. The zero-order valence-corrected chi connectivity index (χ0v) is 15.5. The molecule has 0 atom stereocenters. The fourth-order valence-corrected chi connectivity index (χ4v) is 2.86. The minimum Gasteiger partial charge on any atom is -0.379 e. The van der Waals surface area contributed by atoms with Gasteiger partial charge in [0.25, 0.3) is 5.91 Å². The van der Waals surface area contributed by atoms with Crippen LogP contribution < -0.4 is 5.43 Å². The lowest BCUT2D eigenvalue weighted by molar-refractivity contribution is 0.0342.